The maximum absolute atomic E-state index is 12.2. The first-order valence-corrected chi connectivity index (χ1v) is 7.26. The second kappa shape index (κ2) is 9.69. The van der Waals surface area contributed by atoms with Crippen LogP contribution in [0.5, 0.6) is 0 Å². The number of aliphatic hydroxyl groups excluding tert-OH is 1. The Balaban J connectivity index is 2.44. The van der Waals surface area contributed by atoms with Crippen molar-refractivity contribution in [3.05, 3.63) is 25.3 Å². The van der Waals surface area contributed by atoms with Crippen molar-refractivity contribution in [2.75, 3.05) is 59.0 Å². The van der Waals surface area contributed by atoms with Gasteiger partial charge in [0, 0.05) is 32.7 Å². The zero-order chi connectivity index (χ0) is 14.8. The summed E-state index contributed by atoms with van der Waals surface area (Å²) in [5.41, 5.74) is 0. The summed E-state index contributed by atoms with van der Waals surface area (Å²) in [5, 5.41) is 8.98. The van der Waals surface area contributed by atoms with Crippen molar-refractivity contribution in [2.45, 2.75) is 6.42 Å². The van der Waals surface area contributed by atoms with E-state index in [0.29, 0.717) is 19.6 Å². The number of hydrogen-bond donors (Lipinski definition) is 1. The first kappa shape index (κ1) is 16.9. The number of β-amino-alcohol motifs (C(OH)–C–C–N with tert-alkyl or cyclic N) is 1. The number of nitrogens with zero attached hydrogens (tertiary/aromatic N) is 3. The zero-order valence-electron chi connectivity index (χ0n) is 12.3. The van der Waals surface area contributed by atoms with Gasteiger partial charge in [0.1, 0.15) is 0 Å². The van der Waals surface area contributed by atoms with Crippen LogP contribution in [0.25, 0.3) is 0 Å². The van der Waals surface area contributed by atoms with E-state index in [1.165, 1.54) is 0 Å². The predicted octanol–water partition coefficient (Wildman–Crippen LogP) is 0.187. The Hall–Kier alpha value is -1.17. The summed E-state index contributed by atoms with van der Waals surface area (Å²) >= 11 is 0. The fourth-order valence-electron chi connectivity index (χ4n) is 2.43. The summed E-state index contributed by atoms with van der Waals surface area (Å²) in [4.78, 5) is 18.4. The van der Waals surface area contributed by atoms with Crippen LogP contribution in [0, 0.1) is 0 Å². The molecule has 0 radical (unpaired) electrons. The predicted molar refractivity (Wildman–Crippen MR) is 81.6 cm³/mol. The average Bonchev–Trinajstić information content (AvgIpc) is 2.65. The lowest BCUT2D eigenvalue weighted by Gasteiger charge is -2.25. The van der Waals surface area contributed by atoms with Crippen molar-refractivity contribution < 1.29 is 9.90 Å². The second-order valence-corrected chi connectivity index (χ2v) is 5.07. The summed E-state index contributed by atoms with van der Waals surface area (Å²) in [6, 6.07) is 0. The molecule has 20 heavy (non-hydrogen) atoms. The maximum Gasteiger partial charge on any atom is 0.237 e. The molecule has 1 rings (SSSR count). The Morgan fingerprint density at radius 2 is 1.70 bits per heavy atom. The van der Waals surface area contributed by atoms with Crippen molar-refractivity contribution in [3.8, 4) is 0 Å². The SMILES string of the molecule is C=CCN(CC=C)C(=O)CN1CCCN(CCO)CC1. The van der Waals surface area contributed by atoms with Crippen LogP contribution in [-0.4, -0.2) is 84.7 Å². The maximum atomic E-state index is 12.2. The summed E-state index contributed by atoms with van der Waals surface area (Å²) in [7, 11) is 0. The van der Waals surface area contributed by atoms with Crippen LogP contribution in [0.1, 0.15) is 6.42 Å². The molecule has 0 saturated carbocycles. The molecule has 1 N–H and O–H groups in total. The molecule has 0 bridgehead atoms. The zero-order valence-corrected chi connectivity index (χ0v) is 12.3. The van der Waals surface area contributed by atoms with Crippen molar-refractivity contribution >= 4 is 5.91 Å². The van der Waals surface area contributed by atoms with E-state index >= 15 is 0 Å². The average molecular weight is 281 g/mol. The molecule has 1 aliphatic heterocycles. The van der Waals surface area contributed by atoms with E-state index in [9.17, 15) is 4.79 Å². The van der Waals surface area contributed by atoms with E-state index < -0.39 is 0 Å². The second-order valence-electron chi connectivity index (χ2n) is 5.07. The fourth-order valence-corrected chi connectivity index (χ4v) is 2.43. The van der Waals surface area contributed by atoms with E-state index in [0.717, 1.165) is 39.1 Å². The molecule has 0 spiro atoms. The monoisotopic (exact) mass is 281 g/mol. The van der Waals surface area contributed by atoms with E-state index in [2.05, 4.69) is 23.0 Å². The van der Waals surface area contributed by atoms with E-state index in [1.54, 1.807) is 17.1 Å². The molecule has 1 fully saturated rings. The third kappa shape index (κ3) is 5.86. The molecule has 0 aliphatic carbocycles. The summed E-state index contributed by atoms with van der Waals surface area (Å²) < 4.78 is 0. The standard InChI is InChI=1S/C15H27N3O2/c1-3-6-18(7-4-2)15(20)14-17-9-5-8-16(10-11-17)12-13-19/h3-4,19H,1-2,5-14H2. The van der Waals surface area contributed by atoms with Crippen molar-refractivity contribution in [1.82, 2.24) is 14.7 Å². The van der Waals surface area contributed by atoms with Crippen LogP contribution in [0.15, 0.2) is 25.3 Å². The Morgan fingerprint density at radius 3 is 2.30 bits per heavy atom. The minimum atomic E-state index is 0.125. The molecular formula is C15H27N3O2. The lowest BCUT2D eigenvalue weighted by atomic mass is 10.3. The van der Waals surface area contributed by atoms with Gasteiger partial charge in [-0.25, -0.2) is 0 Å². The largest absolute Gasteiger partial charge is 0.395 e. The molecular weight excluding hydrogens is 254 g/mol. The van der Waals surface area contributed by atoms with Gasteiger partial charge in [0.05, 0.1) is 13.2 Å². The molecule has 0 aromatic rings. The summed E-state index contributed by atoms with van der Waals surface area (Å²) in [5.74, 6) is 0.125. The number of aliphatic hydroxyl groups is 1. The van der Waals surface area contributed by atoms with Gasteiger partial charge in [-0.2, -0.15) is 0 Å². The van der Waals surface area contributed by atoms with Gasteiger partial charge < -0.3 is 10.0 Å². The molecule has 114 valence electrons. The summed E-state index contributed by atoms with van der Waals surface area (Å²) in [6.45, 7) is 13.6. The number of carbonyl (C=O) groups excluding carboxylic acids is 1. The highest BCUT2D eigenvalue weighted by Crippen LogP contribution is 2.04. The van der Waals surface area contributed by atoms with Gasteiger partial charge in [-0.1, -0.05) is 12.2 Å². The summed E-state index contributed by atoms with van der Waals surface area (Å²) in [6.07, 6.45) is 4.52. The molecule has 0 unspecified atom stereocenters. The number of amides is 1. The highest BCUT2D eigenvalue weighted by Gasteiger charge is 2.19. The van der Waals surface area contributed by atoms with E-state index in [4.69, 9.17) is 5.11 Å². The lowest BCUT2D eigenvalue weighted by Crippen LogP contribution is -2.42. The molecule has 1 aliphatic rings. The van der Waals surface area contributed by atoms with Crippen molar-refractivity contribution in [2.24, 2.45) is 0 Å². The number of hydrogen-bond acceptors (Lipinski definition) is 4. The quantitative estimate of drug-likeness (QED) is 0.645. The van der Waals surface area contributed by atoms with Gasteiger partial charge in [0.15, 0.2) is 0 Å². The van der Waals surface area contributed by atoms with Crippen LogP contribution < -0.4 is 0 Å². The van der Waals surface area contributed by atoms with Crippen LogP contribution in [0.4, 0.5) is 0 Å². The van der Waals surface area contributed by atoms with Crippen molar-refractivity contribution in [1.29, 1.82) is 0 Å². The Bertz CT molecular complexity index is 310. The molecule has 1 saturated heterocycles. The molecule has 0 atom stereocenters. The molecule has 5 heteroatoms. The van der Waals surface area contributed by atoms with Gasteiger partial charge in [0.25, 0.3) is 0 Å². The van der Waals surface area contributed by atoms with Gasteiger partial charge >= 0.3 is 0 Å². The smallest absolute Gasteiger partial charge is 0.237 e. The molecule has 0 aromatic carbocycles. The van der Waals surface area contributed by atoms with Gasteiger partial charge in [-0.15, -0.1) is 13.2 Å². The van der Waals surface area contributed by atoms with E-state index in [1.807, 2.05) is 0 Å². The Kier molecular flexibility index (Phi) is 8.18. The first-order chi connectivity index (χ1) is 9.71. The van der Waals surface area contributed by atoms with Crippen LogP contribution in [0.2, 0.25) is 0 Å². The Morgan fingerprint density at radius 1 is 1.10 bits per heavy atom. The first-order valence-electron chi connectivity index (χ1n) is 7.26. The van der Waals surface area contributed by atoms with Gasteiger partial charge in [-0.05, 0) is 19.5 Å². The van der Waals surface area contributed by atoms with Crippen LogP contribution >= 0.6 is 0 Å². The van der Waals surface area contributed by atoms with Gasteiger partial charge in [0.2, 0.25) is 5.91 Å². The van der Waals surface area contributed by atoms with Crippen molar-refractivity contribution in [3.63, 3.8) is 0 Å². The Labute approximate surface area is 122 Å². The highest BCUT2D eigenvalue weighted by molar-refractivity contribution is 5.78. The van der Waals surface area contributed by atoms with E-state index in [-0.39, 0.29) is 12.5 Å². The molecule has 1 heterocycles. The molecule has 5 nitrogen and oxygen atoms in total. The minimum Gasteiger partial charge on any atom is -0.395 e. The number of carbonyl (C=O) groups is 1. The molecule has 0 aromatic heterocycles. The molecule has 1 amide bonds. The van der Waals surface area contributed by atoms with Crippen LogP contribution in [-0.2, 0) is 4.79 Å². The third-order valence-corrected chi connectivity index (χ3v) is 3.51. The normalized spacial score (nSPS) is 17.4. The fraction of sp³-hybridized carbons (Fsp3) is 0.667. The number of rotatable bonds is 8. The third-order valence-electron chi connectivity index (χ3n) is 3.51. The topological polar surface area (TPSA) is 47.0 Å². The highest BCUT2D eigenvalue weighted by atomic mass is 16.3. The van der Waals surface area contributed by atoms with Crippen LogP contribution in [0.3, 0.4) is 0 Å². The van der Waals surface area contributed by atoms with Gasteiger partial charge in [-0.3, -0.25) is 14.6 Å². The lowest BCUT2D eigenvalue weighted by molar-refractivity contribution is -0.131. The minimum absolute atomic E-state index is 0.125.